The summed E-state index contributed by atoms with van der Waals surface area (Å²) in [6, 6.07) is 5.34. The fourth-order valence-electron chi connectivity index (χ4n) is 2.78. The van der Waals surface area contributed by atoms with Gasteiger partial charge in [0.25, 0.3) is 5.56 Å². The van der Waals surface area contributed by atoms with E-state index in [9.17, 15) is 4.79 Å². The van der Waals surface area contributed by atoms with E-state index in [4.69, 9.17) is 0 Å². The van der Waals surface area contributed by atoms with Gasteiger partial charge < -0.3 is 4.90 Å². The lowest BCUT2D eigenvalue weighted by molar-refractivity contribution is 0.332. The van der Waals surface area contributed by atoms with E-state index in [1.807, 2.05) is 0 Å². The molecule has 0 radical (unpaired) electrons. The minimum Gasteiger partial charge on any atom is -0.356 e. The Labute approximate surface area is 122 Å². The van der Waals surface area contributed by atoms with E-state index in [2.05, 4.69) is 26.0 Å². The molecule has 2 fully saturated rings. The summed E-state index contributed by atoms with van der Waals surface area (Å²) >= 11 is 0. The molecule has 0 N–H and O–H groups in total. The van der Waals surface area contributed by atoms with Crippen LogP contribution in [0.1, 0.15) is 24.5 Å². The highest BCUT2D eigenvalue weighted by molar-refractivity contribution is 5.43. The van der Waals surface area contributed by atoms with Gasteiger partial charge in [-0.3, -0.25) is 4.79 Å². The summed E-state index contributed by atoms with van der Waals surface area (Å²) in [5.74, 6) is 2.12. The summed E-state index contributed by atoms with van der Waals surface area (Å²) in [4.78, 5) is 22.6. The summed E-state index contributed by atoms with van der Waals surface area (Å²) < 4.78 is 1.54. The van der Waals surface area contributed by atoms with E-state index in [0.717, 1.165) is 18.9 Å². The van der Waals surface area contributed by atoms with Gasteiger partial charge in [-0.2, -0.15) is 5.10 Å². The molecule has 1 aliphatic carbocycles. The quantitative estimate of drug-likeness (QED) is 0.839. The highest BCUT2D eigenvalue weighted by Crippen LogP contribution is 2.39. The van der Waals surface area contributed by atoms with E-state index < -0.39 is 0 Å². The molecular weight excluding hydrogens is 266 g/mol. The van der Waals surface area contributed by atoms with Crippen LogP contribution in [0.15, 0.2) is 35.5 Å². The van der Waals surface area contributed by atoms with Gasteiger partial charge in [-0.25, -0.2) is 14.6 Å². The molecule has 1 saturated carbocycles. The van der Waals surface area contributed by atoms with Gasteiger partial charge in [0.05, 0.1) is 6.54 Å². The maximum absolute atomic E-state index is 11.6. The van der Waals surface area contributed by atoms with E-state index >= 15 is 0 Å². The molecule has 0 amide bonds. The first-order valence-electron chi connectivity index (χ1n) is 7.38. The molecule has 2 aromatic heterocycles. The van der Waals surface area contributed by atoms with Gasteiger partial charge in [-0.15, -0.1) is 0 Å². The highest BCUT2D eigenvalue weighted by atomic mass is 16.1. The smallest absolute Gasteiger partial charge is 0.266 e. The average Bonchev–Trinajstić information content (AvgIpc) is 3.29. The first kappa shape index (κ1) is 12.5. The Hall–Kier alpha value is -2.24. The van der Waals surface area contributed by atoms with Crippen LogP contribution in [-0.4, -0.2) is 32.8 Å². The lowest BCUT2D eigenvalue weighted by atomic mass is 10.00. The van der Waals surface area contributed by atoms with Crippen molar-refractivity contribution in [3.05, 3.63) is 46.8 Å². The second-order valence-electron chi connectivity index (χ2n) is 5.89. The fourth-order valence-corrected chi connectivity index (χ4v) is 2.78. The van der Waals surface area contributed by atoms with Crippen LogP contribution in [-0.2, 0) is 6.54 Å². The Morgan fingerprint density at radius 1 is 1.24 bits per heavy atom. The summed E-state index contributed by atoms with van der Waals surface area (Å²) in [6.45, 7) is 2.52. The molecule has 0 spiro atoms. The van der Waals surface area contributed by atoms with Crippen molar-refractivity contribution in [1.82, 2.24) is 19.7 Å². The third kappa shape index (κ3) is 2.53. The van der Waals surface area contributed by atoms with Crippen molar-refractivity contribution in [3.63, 3.8) is 0 Å². The molecule has 108 valence electrons. The summed E-state index contributed by atoms with van der Waals surface area (Å²) in [5, 5.41) is 4.10. The molecule has 4 rings (SSSR count). The van der Waals surface area contributed by atoms with Crippen LogP contribution in [0.2, 0.25) is 0 Å². The molecule has 0 aromatic carbocycles. The maximum Gasteiger partial charge on any atom is 0.266 e. The van der Waals surface area contributed by atoms with Crippen molar-refractivity contribution in [1.29, 1.82) is 0 Å². The second kappa shape index (κ2) is 4.95. The molecule has 1 aliphatic heterocycles. The van der Waals surface area contributed by atoms with Crippen LogP contribution in [0.3, 0.4) is 0 Å². The first-order chi connectivity index (χ1) is 10.3. The molecule has 0 bridgehead atoms. The molecule has 6 heteroatoms. The van der Waals surface area contributed by atoms with Gasteiger partial charge in [0.1, 0.15) is 12.1 Å². The number of hydrogen-bond donors (Lipinski definition) is 0. The number of rotatable bonds is 4. The van der Waals surface area contributed by atoms with Crippen molar-refractivity contribution in [2.75, 3.05) is 18.0 Å². The molecule has 21 heavy (non-hydrogen) atoms. The lowest BCUT2D eigenvalue weighted by Gasteiger charge is -2.40. The molecular formula is C15H17N5O. The largest absolute Gasteiger partial charge is 0.356 e. The molecule has 2 aromatic rings. The normalized spacial score (nSPS) is 18.6. The Bertz CT molecular complexity index is 703. The van der Waals surface area contributed by atoms with Crippen LogP contribution in [0.5, 0.6) is 0 Å². The number of nitrogens with zero attached hydrogens (tertiary/aromatic N) is 5. The van der Waals surface area contributed by atoms with Gasteiger partial charge in [0, 0.05) is 48.9 Å². The maximum atomic E-state index is 11.6. The van der Waals surface area contributed by atoms with E-state index in [1.165, 1.54) is 23.2 Å². The van der Waals surface area contributed by atoms with Crippen molar-refractivity contribution >= 4 is 5.82 Å². The predicted molar refractivity (Wildman–Crippen MR) is 78.2 cm³/mol. The number of anilines is 1. The van der Waals surface area contributed by atoms with E-state index in [-0.39, 0.29) is 5.56 Å². The van der Waals surface area contributed by atoms with Crippen molar-refractivity contribution in [3.8, 4) is 0 Å². The van der Waals surface area contributed by atoms with Crippen LogP contribution < -0.4 is 10.5 Å². The van der Waals surface area contributed by atoms with Gasteiger partial charge in [0.15, 0.2) is 0 Å². The Morgan fingerprint density at radius 2 is 2.10 bits per heavy atom. The fraction of sp³-hybridized carbons (Fsp3) is 0.467. The third-order valence-corrected chi connectivity index (χ3v) is 4.17. The van der Waals surface area contributed by atoms with Crippen molar-refractivity contribution in [2.24, 2.45) is 5.92 Å². The molecule has 0 unspecified atom stereocenters. The minimum absolute atomic E-state index is 0.0333. The van der Waals surface area contributed by atoms with Crippen LogP contribution in [0.4, 0.5) is 5.82 Å². The van der Waals surface area contributed by atoms with E-state index in [1.54, 1.807) is 24.7 Å². The highest BCUT2D eigenvalue weighted by Gasteiger charge is 2.30. The summed E-state index contributed by atoms with van der Waals surface area (Å²) in [7, 11) is 0. The number of aromatic nitrogens is 4. The van der Waals surface area contributed by atoms with Crippen LogP contribution in [0, 0.1) is 5.92 Å². The Morgan fingerprint density at radius 3 is 2.86 bits per heavy atom. The standard InChI is InChI=1S/C15H17N5O/c21-15-2-1-5-18-20(15)9-11-7-19(8-11)14-6-13(12-3-4-12)16-10-17-14/h1-2,5-6,10-12H,3-4,7-9H2. The second-order valence-corrected chi connectivity index (χ2v) is 5.89. The number of hydrogen-bond acceptors (Lipinski definition) is 5. The minimum atomic E-state index is -0.0333. The SMILES string of the molecule is O=c1cccnn1CC1CN(c2cc(C3CC3)ncn2)C1. The Kier molecular flexibility index (Phi) is 2.94. The van der Waals surface area contributed by atoms with Gasteiger partial charge in [-0.1, -0.05) is 0 Å². The van der Waals surface area contributed by atoms with Crippen LogP contribution in [0.25, 0.3) is 0 Å². The average molecular weight is 283 g/mol. The predicted octanol–water partition coefficient (Wildman–Crippen LogP) is 1.05. The third-order valence-electron chi connectivity index (χ3n) is 4.17. The zero-order valence-corrected chi connectivity index (χ0v) is 11.7. The molecule has 6 nitrogen and oxygen atoms in total. The molecule has 1 saturated heterocycles. The monoisotopic (exact) mass is 283 g/mol. The lowest BCUT2D eigenvalue weighted by Crippen LogP contribution is -2.50. The molecule has 3 heterocycles. The molecule has 2 aliphatic rings. The van der Waals surface area contributed by atoms with Crippen LogP contribution >= 0.6 is 0 Å². The van der Waals surface area contributed by atoms with Gasteiger partial charge in [0.2, 0.25) is 0 Å². The summed E-state index contributed by atoms with van der Waals surface area (Å²) in [5.41, 5.74) is 1.14. The van der Waals surface area contributed by atoms with E-state index in [0.29, 0.717) is 18.4 Å². The first-order valence-corrected chi connectivity index (χ1v) is 7.38. The zero-order chi connectivity index (χ0) is 14.2. The topological polar surface area (TPSA) is 63.9 Å². The van der Waals surface area contributed by atoms with Gasteiger partial charge in [-0.05, 0) is 18.9 Å². The van der Waals surface area contributed by atoms with Crippen molar-refractivity contribution in [2.45, 2.75) is 25.3 Å². The molecule has 0 atom stereocenters. The Balaban J connectivity index is 1.40. The zero-order valence-electron chi connectivity index (χ0n) is 11.7. The van der Waals surface area contributed by atoms with Crippen molar-refractivity contribution < 1.29 is 0 Å². The van der Waals surface area contributed by atoms with Gasteiger partial charge >= 0.3 is 0 Å². The summed E-state index contributed by atoms with van der Waals surface area (Å²) in [6.07, 6.45) is 5.83.